The van der Waals surface area contributed by atoms with Gasteiger partial charge in [0.2, 0.25) is 5.78 Å². The van der Waals surface area contributed by atoms with Crippen LogP contribution in [0.3, 0.4) is 0 Å². The molecule has 0 saturated heterocycles. The third-order valence-electron chi connectivity index (χ3n) is 4.69. The summed E-state index contributed by atoms with van der Waals surface area (Å²) in [6.45, 7) is 0.234. The van der Waals surface area contributed by atoms with Crippen LogP contribution in [0.1, 0.15) is 27.6 Å². The summed E-state index contributed by atoms with van der Waals surface area (Å²) in [6, 6.07) is 6.58. The van der Waals surface area contributed by atoms with Gasteiger partial charge >= 0.3 is 0 Å². The zero-order valence-electron chi connectivity index (χ0n) is 14.6. The second-order valence-electron chi connectivity index (χ2n) is 6.06. The first-order valence-electron chi connectivity index (χ1n) is 8.05. The lowest BCUT2D eigenvalue weighted by Crippen LogP contribution is -2.41. The third kappa shape index (κ3) is 2.35. The van der Waals surface area contributed by atoms with Gasteiger partial charge in [-0.15, -0.1) is 0 Å². The van der Waals surface area contributed by atoms with E-state index in [0.29, 0.717) is 17.2 Å². The molecule has 0 saturated carbocycles. The van der Waals surface area contributed by atoms with Crippen molar-refractivity contribution >= 4 is 5.78 Å². The van der Waals surface area contributed by atoms with Crippen molar-refractivity contribution in [2.75, 3.05) is 21.3 Å². The van der Waals surface area contributed by atoms with Gasteiger partial charge in [0, 0.05) is 17.7 Å². The number of benzene rings is 2. The summed E-state index contributed by atoms with van der Waals surface area (Å²) in [5, 5.41) is 10.2. The molecule has 26 heavy (non-hydrogen) atoms. The molecule has 0 amide bonds. The van der Waals surface area contributed by atoms with Gasteiger partial charge in [-0.2, -0.15) is 0 Å². The minimum absolute atomic E-state index is 0.107. The van der Waals surface area contributed by atoms with E-state index in [4.69, 9.17) is 23.7 Å². The first kappa shape index (κ1) is 16.5. The van der Waals surface area contributed by atoms with Crippen LogP contribution in [0.2, 0.25) is 0 Å². The first-order valence-corrected chi connectivity index (χ1v) is 8.05. The molecule has 2 aromatic rings. The standard InChI is InChI=1S/C19H18O7/c1-22-10-5-12(20)16-15(6-10)26-18-11-7-14(24-3)13(23-2)4-9(11)8-25-19(18)17(16)21/h4-7,18-20H,8H2,1-3H3/t18-,19+/m1/s1. The van der Waals surface area contributed by atoms with Gasteiger partial charge in [0.25, 0.3) is 0 Å². The number of ketones is 1. The van der Waals surface area contributed by atoms with Crippen LogP contribution < -0.4 is 18.9 Å². The zero-order valence-corrected chi connectivity index (χ0v) is 14.6. The lowest BCUT2D eigenvalue weighted by molar-refractivity contribution is -0.0427. The summed E-state index contributed by atoms with van der Waals surface area (Å²) in [6.07, 6.45) is -1.49. The van der Waals surface area contributed by atoms with Gasteiger partial charge in [0.05, 0.1) is 27.9 Å². The average molecular weight is 358 g/mol. The van der Waals surface area contributed by atoms with Crippen LogP contribution in [0.25, 0.3) is 0 Å². The van der Waals surface area contributed by atoms with Gasteiger partial charge < -0.3 is 28.8 Å². The molecule has 4 rings (SSSR count). The van der Waals surface area contributed by atoms with E-state index in [1.807, 2.05) is 6.07 Å². The Morgan fingerprint density at radius 1 is 1.00 bits per heavy atom. The van der Waals surface area contributed by atoms with E-state index in [9.17, 15) is 9.90 Å². The van der Waals surface area contributed by atoms with Crippen molar-refractivity contribution in [2.24, 2.45) is 0 Å². The maximum Gasteiger partial charge on any atom is 0.203 e. The number of aromatic hydroxyl groups is 1. The van der Waals surface area contributed by atoms with Crippen LogP contribution >= 0.6 is 0 Å². The largest absolute Gasteiger partial charge is 0.507 e. The van der Waals surface area contributed by atoms with E-state index < -0.39 is 12.2 Å². The quantitative estimate of drug-likeness (QED) is 0.903. The second kappa shape index (κ2) is 6.10. The van der Waals surface area contributed by atoms with E-state index in [1.165, 1.54) is 13.2 Å². The predicted octanol–water partition coefficient (Wildman–Crippen LogP) is 2.63. The molecule has 0 aromatic heterocycles. The maximum absolute atomic E-state index is 12.9. The van der Waals surface area contributed by atoms with Crippen LogP contribution in [0.15, 0.2) is 24.3 Å². The van der Waals surface area contributed by atoms with Crippen molar-refractivity contribution in [1.82, 2.24) is 0 Å². The number of phenolic OH excluding ortho intramolecular Hbond substituents is 1. The highest BCUT2D eigenvalue weighted by Crippen LogP contribution is 2.47. The molecule has 1 N–H and O–H groups in total. The van der Waals surface area contributed by atoms with Gasteiger partial charge in [-0.1, -0.05) is 0 Å². The molecule has 0 spiro atoms. The highest BCUT2D eigenvalue weighted by Gasteiger charge is 2.44. The molecular formula is C19H18O7. The Labute approximate surface area is 150 Å². The van der Waals surface area contributed by atoms with Crippen LogP contribution in [0.4, 0.5) is 0 Å². The molecule has 7 nitrogen and oxygen atoms in total. The normalized spacial score (nSPS) is 20.3. The summed E-state index contributed by atoms with van der Waals surface area (Å²) >= 11 is 0. The topological polar surface area (TPSA) is 83.5 Å². The van der Waals surface area contributed by atoms with Crippen molar-refractivity contribution in [2.45, 2.75) is 18.8 Å². The Hall–Kier alpha value is -2.93. The monoisotopic (exact) mass is 358 g/mol. The molecule has 0 aliphatic carbocycles. The second-order valence-corrected chi connectivity index (χ2v) is 6.06. The fourth-order valence-corrected chi connectivity index (χ4v) is 3.41. The van der Waals surface area contributed by atoms with E-state index in [-0.39, 0.29) is 29.5 Å². The van der Waals surface area contributed by atoms with Crippen LogP contribution in [0, 0.1) is 0 Å². The molecule has 2 aliphatic heterocycles. The highest BCUT2D eigenvalue weighted by molar-refractivity contribution is 6.06. The number of hydrogen-bond donors (Lipinski definition) is 1. The predicted molar refractivity (Wildman–Crippen MR) is 90.5 cm³/mol. The molecule has 0 radical (unpaired) electrons. The lowest BCUT2D eigenvalue weighted by Gasteiger charge is -2.37. The Morgan fingerprint density at radius 3 is 2.42 bits per heavy atom. The van der Waals surface area contributed by atoms with Crippen LogP contribution in [-0.4, -0.2) is 38.3 Å². The van der Waals surface area contributed by atoms with Crippen molar-refractivity contribution in [3.05, 3.63) is 41.0 Å². The molecule has 2 atom stereocenters. The van der Waals surface area contributed by atoms with Gasteiger partial charge in [0.1, 0.15) is 22.8 Å². The summed E-state index contributed by atoms with van der Waals surface area (Å²) in [5.74, 6) is 1.27. The fraction of sp³-hybridized carbons (Fsp3) is 0.316. The third-order valence-corrected chi connectivity index (χ3v) is 4.69. The van der Waals surface area contributed by atoms with E-state index in [0.717, 1.165) is 11.1 Å². The van der Waals surface area contributed by atoms with Crippen molar-refractivity contribution in [3.8, 4) is 28.7 Å². The van der Waals surface area contributed by atoms with Crippen molar-refractivity contribution < 1.29 is 33.6 Å². The number of carbonyl (C=O) groups excluding carboxylic acids is 1. The number of ether oxygens (including phenoxy) is 5. The van der Waals surface area contributed by atoms with Crippen molar-refractivity contribution in [3.63, 3.8) is 0 Å². The SMILES string of the molecule is COc1cc(O)c2c(c1)O[C@@H]1c3cc(OC)c(OC)cc3CO[C@H]1C2=O. The van der Waals surface area contributed by atoms with Crippen molar-refractivity contribution in [1.29, 1.82) is 0 Å². The Morgan fingerprint density at radius 2 is 1.73 bits per heavy atom. The summed E-state index contributed by atoms with van der Waals surface area (Å²) < 4.78 is 27.6. The summed E-state index contributed by atoms with van der Waals surface area (Å²) in [4.78, 5) is 12.9. The minimum atomic E-state index is -0.840. The molecule has 136 valence electrons. The number of methoxy groups -OCH3 is 3. The molecule has 2 heterocycles. The van der Waals surface area contributed by atoms with Crippen LogP contribution in [0.5, 0.6) is 28.7 Å². The molecule has 0 fully saturated rings. The molecule has 0 bridgehead atoms. The number of carbonyl (C=O) groups is 1. The molecule has 7 heteroatoms. The van der Waals surface area contributed by atoms with Gasteiger partial charge in [0.15, 0.2) is 23.7 Å². The smallest absolute Gasteiger partial charge is 0.203 e. The van der Waals surface area contributed by atoms with Gasteiger partial charge in [-0.25, -0.2) is 0 Å². The van der Waals surface area contributed by atoms with Crippen LogP contribution in [-0.2, 0) is 11.3 Å². The van der Waals surface area contributed by atoms with Gasteiger partial charge in [-0.3, -0.25) is 4.79 Å². The molecule has 2 aromatic carbocycles. The summed E-state index contributed by atoms with van der Waals surface area (Å²) in [7, 11) is 4.58. The molecule has 0 unspecified atom stereocenters. The number of Topliss-reactive ketones (excluding diaryl/α,β-unsaturated/α-hetero) is 1. The minimum Gasteiger partial charge on any atom is -0.507 e. The fourth-order valence-electron chi connectivity index (χ4n) is 3.41. The first-order chi connectivity index (χ1) is 12.6. The number of phenols is 1. The number of rotatable bonds is 3. The zero-order chi connectivity index (χ0) is 18.4. The Balaban J connectivity index is 1.83. The highest BCUT2D eigenvalue weighted by atomic mass is 16.6. The molecule has 2 aliphatic rings. The van der Waals surface area contributed by atoms with E-state index in [2.05, 4.69) is 0 Å². The molecular weight excluding hydrogens is 340 g/mol. The van der Waals surface area contributed by atoms with Gasteiger partial charge in [-0.05, 0) is 17.7 Å². The van der Waals surface area contributed by atoms with E-state index in [1.54, 1.807) is 26.4 Å². The lowest BCUT2D eigenvalue weighted by atomic mass is 9.88. The Kier molecular flexibility index (Phi) is 3.88. The average Bonchev–Trinajstić information content (AvgIpc) is 2.66. The van der Waals surface area contributed by atoms with E-state index >= 15 is 0 Å². The summed E-state index contributed by atoms with van der Waals surface area (Å²) in [5.41, 5.74) is 1.75. The maximum atomic E-state index is 12.9. The number of hydrogen-bond acceptors (Lipinski definition) is 7. The Bertz CT molecular complexity index is 890. The number of fused-ring (bicyclic) bond motifs is 4.